The second-order valence-corrected chi connectivity index (χ2v) is 3.03. The first-order valence-corrected chi connectivity index (χ1v) is 4.29. The van der Waals surface area contributed by atoms with E-state index < -0.39 is 5.79 Å². The number of ether oxygens (including phenoxy) is 3. The number of allylic oxidation sites excluding steroid dienone is 1. The highest BCUT2D eigenvalue weighted by Gasteiger charge is 2.43. The average molecular weight is 199 g/mol. The first-order chi connectivity index (χ1) is 6.60. The highest BCUT2D eigenvalue weighted by Crippen LogP contribution is 2.34. The molecule has 0 bridgehead atoms. The van der Waals surface area contributed by atoms with E-state index in [2.05, 4.69) is 6.08 Å². The topological polar surface area (TPSA) is 47.9 Å². The van der Waals surface area contributed by atoms with Crippen molar-refractivity contribution in [2.75, 3.05) is 21.3 Å². The van der Waals surface area contributed by atoms with Gasteiger partial charge in [-0.1, -0.05) is 6.92 Å². The Hall–Kier alpha value is -1.00. The summed E-state index contributed by atoms with van der Waals surface area (Å²) >= 11 is 0. The van der Waals surface area contributed by atoms with Crippen LogP contribution in [0.25, 0.3) is 0 Å². The molecule has 0 fully saturated rings. The molecule has 0 unspecified atom stereocenters. The summed E-state index contributed by atoms with van der Waals surface area (Å²) in [6, 6.07) is 0. The van der Waals surface area contributed by atoms with Gasteiger partial charge in [-0.05, 0) is 12.2 Å². The highest BCUT2D eigenvalue weighted by atomic mass is 16.6. The van der Waals surface area contributed by atoms with Gasteiger partial charge in [0.2, 0.25) is 5.79 Å². The van der Waals surface area contributed by atoms with E-state index in [4.69, 9.17) is 14.2 Å². The minimum atomic E-state index is -1.49. The summed E-state index contributed by atoms with van der Waals surface area (Å²) in [5.74, 6) is -1.10. The van der Waals surface area contributed by atoms with Crippen molar-refractivity contribution in [3.63, 3.8) is 0 Å². The maximum Gasteiger partial charge on any atom is 0.235 e. The minimum Gasteiger partial charge on any atom is -0.493 e. The van der Waals surface area contributed by atoms with Gasteiger partial charge in [0.05, 0.1) is 14.2 Å². The van der Waals surface area contributed by atoms with Crippen molar-refractivity contribution in [3.05, 3.63) is 23.7 Å². The molecule has 0 aliphatic heterocycles. The molecule has 0 amide bonds. The molecule has 1 aliphatic rings. The third-order valence-electron chi connectivity index (χ3n) is 2.34. The zero-order chi connectivity index (χ0) is 10.8. The lowest BCUT2D eigenvalue weighted by molar-refractivity contribution is -0.206. The lowest BCUT2D eigenvalue weighted by Gasteiger charge is -2.34. The normalized spacial score (nSPS) is 31.9. The van der Waals surface area contributed by atoms with Crippen LogP contribution in [0.3, 0.4) is 0 Å². The zero-order valence-electron chi connectivity index (χ0n) is 8.83. The molecular weight excluding hydrogens is 184 g/mol. The Morgan fingerprint density at radius 2 is 2.00 bits per heavy atom. The summed E-state index contributed by atoms with van der Waals surface area (Å²) in [5.41, 5.74) is 0. The summed E-state index contributed by atoms with van der Waals surface area (Å²) in [5, 5.41) is 10.1. The average Bonchev–Trinajstić information content (AvgIpc) is 2.21. The van der Waals surface area contributed by atoms with Crippen molar-refractivity contribution in [2.24, 2.45) is 5.92 Å². The Bertz CT molecular complexity index is 269. The van der Waals surface area contributed by atoms with Gasteiger partial charge in [-0.3, -0.25) is 0 Å². The van der Waals surface area contributed by atoms with E-state index in [0.717, 1.165) is 0 Å². The predicted molar refractivity (Wildman–Crippen MR) is 50.0 cm³/mol. The second-order valence-electron chi connectivity index (χ2n) is 3.03. The highest BCUT2D eigenvalue weighted by molar-refractivity contribution is 5.26. The van der Waals surface area contributed by atoms with E-state index in [1.807, 2.05) is 0 Å². The van der Waals surface area contributed by atoms with Crippen molar-refractivity contribution >= 4 is 0 Å². The number of rotatable bonds is 3. The van der Waals surface area contributed by atoms with Crippen LogP contribution in [0.5, 0.6) is 0 Å². The maximum absolute atomic E-state index is 10.1. The molecule has 0 saturated heterocycles. The number of hydrogen-bond acceptors (Lipinski definition) is 4. The Morgan fingerprint density at radius 1 is 1.36 bits per heavy atom. The summed E-state index contributed by atoms with van der Waals surface area (Å²) in [7, 11) is 4.37. The van der Waals surface area contributed by atoms with Gasteiger partial charge in [-0.25, -0.2) is 0 Å². The van der Waals surface area contributed by atoms with Gasteiger partial charge >= 0.3 is 0 Å². The van der Waals surface area contributed by atoms with Crippen LogP contribution in [0, 0.1) is 12.0 Å². The molecule has 0 aromatic carbocycles. The quantitative estimate of drug-likeness (QED) is 0.684. The number of aliphatic hydroxyl groups is 1. The third kappa shape index (κ3) is 1.51. The van der Waals surface area contributed by atoms with Gasteiger partial charge in [-0.2, -0.15) is 0 Å². The Morgan fingerprint density at radius 3 is 2.43 bits per heavy atom. The van der Waals surface area contributed by atoms with Gasteiger partial charge in [0.15, 0.2) is 11.5 Å². The summed E-state index contributed by atoms with van der Waals surface area (Å²) in [6.45, 7) is 1.78. The van der Waals surface area contributed by atoms with Gasteiger partial charge in [0.25, 0.3) is 0 Å². The summed E-state index contributed by atoms with van der Waals surface area (Å²) < 4.78 is 15.2. The SMILES string of the molecule is COC1=C(OC)[C@@](O)(OC)[C@@H](C)[C]=C1. The van der Waals surface area contributed by atoms with Crippen molar-refractivity contribution in [1.82, 2.24) is 0 Å². The second kappa shape index (κ2) is 4.02. The summed E-state index contributed by atoms with van der Waals surface area (Å²) in [4.78, 5) is 0. The molecule has 0 spiro atoms. The number of methoxy groups -OCH3 is 3. The van der Waals surface area contributed by atoms with Crippen molar-refractivity contribution in [1.29, 1.82) is 0 Å². The molecular formula is C10H15O4. The first kappa shape index (κ1) is 11.1. The van der Waals surface area contributed by atoms with E-state index >= 15 is 0 Å². The van der Waals surface area contributed by atoms with E-state index in [1.165, 1.54) is 21.3 Å². The van der Waals surface area contributed by atoms with E-state index in [0.29, 0.717) is 5.76 Å². The predicted octanol–water partition coefficient (Wildman–Crippen LogP) is 0.835. The fourth-order valence-corrected chi connectivity index (χ4v) is 1.42. The van der Waals surface area contributed by atoms with Crippen LogP contribution in [-0.4, -0.2) is 32.2 Å². The smallest absolute Gasteiger partial charge is 0.235 e. The molecule has 1 N–H and O–H groups in total. The standard InChI is InChI=1S/C10H15O4/c1-7-5-6-8(12-2)9(13-3)10(7,11)14-4/h6-7,11H,1-4H3/t7-,10-/m0/s1. The van der Waals surface area contributed by atoms with Crippen LogP contribution in [0.2, 0.25) is 0 Å². The zero-order valence-corrected chi connectivity index (χ0v) is 8.83. The monoisotopic (exact) mass is 199 g/mol. The largest absolute Gasteiger partial charge is 0.493 e. The molecule has 0 aromatic rings. The minimum absolute atomic E-state index is 0.272. The fraction of sp³-hybridized carbons (Fsp3) is 0.600. The molecule has 4 heteroatoms. The fourth-order valence-electron chi connectivity index (χ4n) is 1.42. The van der Waals surface area contributed by atoms with Crippen LogP contribution in [0.4, 0.5) is 0 Å². The van der Waals surface area contributed by atoms with Crippen LogP contribution in [-0.2, 0) is 14.2 Å². The molecule has 1 radical (unpaired) electrons. The van der Waals surface area contributed by atoms with Crippen molar-refractivity contribution in [3.8, 4) is 0 Å². The molecule has 0 saturated carbocycles. The molecule has 1 rings (SSSR count). The maximum atomic E-state index is 10.1. The van der Waals surface area contributed by atoms with Crippen LogP contribution in [0.1, 0.15) is 6.92 Å². The van der Waals surface area contributed by atoms with Gasteiger partial charge in [0.1, 0.15) is 0 Å². The van der Waals surface area contributed by atoms with Crippen molar-refractivity contribution in [2.45, 2.75) is 12.7 Å². The molecule has 79 valence electrons. The lowest BCUT2D eigenvalue weighted by Crippen LogP contribution is -2.43. The molecule has 14 heavy (non-hydrogen) atoms. The van der Waals surface area contributed by atoms with E-state index in [1.54, 1.807) is 13.0 Å². The third-order valence-corrected chi connectivity index (χ3v) is 2.34. The molecule has 1 aliphatic carbocycles. The molecule has 0 heterocycles. The van der Waals surface area contributed by atoms with Gasteiger partial charge in [-0.15, -0.1) is 0 Å². The first-order valence-electron chi connectivity index (χ1n) is 4.29. The van der Waals surface area contributed by atoms with Crippen molar-refractivity contribution < 1.29 is 19.3 Å². The lowest BCUT2D eigenvalue weighted by atomic mass is 9.93. The van der Waals surface area contributed by atoms with Gasteiger partial charge < -0.3 is 19.3 Å². The summed E-state index contributed by atoms with van der Waals surface area (Å²) in [6.07, 6.45) is 4.56. The van der Waals surface area contributed by atoms with Crippen LogP contribution < -0.4 is 0 Å². The molecule has 0 aromatic heterocycles. The Labute approximate surface area is 83.8 Å². The van der Waals surface area contributed by atoms with Gasteiger partial charge in [0, 0.05) is 13.0 Å². The van der Waals surface area contributed by atoms with Crippen LogP contribution >= 0.6 is 0 Å². The van der Waals surface area contributed by atoms with E-state index in [9.17, 15) is 5.11 Å². The Kier molecular flexibility index (Phi) is 3.18. The number of hydrogen-bond donors (Lipinski definition) is 1. The van der Waals surface area contributed by atoms with E-state index in [-0.39, 0.29) is 11.7 Å². The van der Waals surface area contributed by atoms with Crippen LogP contribution in [0.15, 0.2) is 17.6 Å². The molecule has 4 nitrogen and oxygen atoms in total. The Balaban J connectivity index is 3.15. The molecule has 2 atom stereocenters.